The minimum Gasteiger partial charge on any atom is -0.497 e. The van der Waals surface area contributed by atoms with Crippen LogP contribution in [0.5, 0.6) is 11.5 Å². The third-order valence-corrected chi connectivity index (χ3v) is 6.11. The van der Waals surface area contributed by atoms with E-state index in [1.165, 1.54) is 0 Å². The van der Waals surface area contributed by atoms with Gasteiger partial charge in [-0.2, -0.15) is 0 Å². The number of carbonyl (C=O) groups excluding carboxylic acids is 2. The Morgan fingerprint density at radius 3 is 2.35 bits per heavy atom. The predicted octanol–water partition coefficient (Wildman–Crippen LogP) is 2.42. The Morgan fingerprint density at radius 1 is 0.935 bits per heavy atom. The van der Waals surface area contributed by atoms with Gasteiger partial charge in [-0.25, -0.2) is 0 Å². The van der Waals surface area contributed by atoms with Gasteiger partial charge < -0.3 is 24.0 Å². The Labute approximate surface area is 182 Å². The maximum Gasteiger partial charge on any atom is 0.253 e. The van der Waals surface area contributed by atoms with Crippen molar-refractivity contribution in [2.45, 2.75) is 5.92 Å². The van der Waals surface area contributed by atoms with Crippen LogP contribution in [-0.4, -0.2) is 75.2 Å². The molecular formula is C24H28N2O5. The van der Waals surface area contributed by atoms with Crippen LogP contribution in [0.2, 0.25) is 0 Å². The summed E-state index contributed by atoms with van der Waals surface area (Å²) in [4.78, 5) is 30.3. The van der Waals surface area contributed by atoms with Gasteiger partial charge in [0.05, 0.1) is 33.4 Å². The van der Waals surface area contributed by atoms with Crippen molar-refractivity contribution in [3.8, 4) is 11.5 Å². The molecule has 2 heterocycles. The number of rotatable bonds is 5. The molecule has 2 amide bonds. The van der Waals surface area contributed by atoms with Crippen LogP contribution in [0.25, 0.3) is 0 Å². The summed E-state index contributed by atoms with van der Waals surface area (Å²) in [5.74, 6) is 0.854. The van der Waals surface area contributed by atoms with Crippen molar-refractivity contribution >= 4 is 11.8 Å². The molecule has 2 aliphatic heterocycles. The fourth-order valence-electron chi connectivity index (χ4n) is 4.44. The zero-order chi connectivity index (χ0) is 21.8. The third-order valence-electron chi connectivity index (χ3n) is 6.11. The average Bonchev–Trinajstić information content (AvgIpc) is 3.28. The Balaban J connectivity index is 1.66. The van der Waals surface area contributed by atoms with Gasteiger partial charge in [0.15, 0.2) is 0 Å². The number of ether oxygens (including phenoxy) is 3. The lowest BCUT2D eigenvalue weighted by Gasteiger charge is -2.31. The molecule has 0 radical (unpaired) electrons. The molecule has 0 N–H and O–H groups in total. The monoisotopic (exact) mass is 424 g/mol. The lowest BCUT2D eigenvalue weighted by Crippen LogP contribution is -2.45. The van der Waals surface area contributed by atoms with Crippen LogP contribution in [0, 0.1) is 5.92 Å². The van der Waals surface area contributed by atoms with E-state index in [1.807, 2.05) is 53.4 Å². The maximum atomic E-state index is 13.5. The van der Waals surface area contributed by atoms with Crippen LogP contribution in [0.4, 0.5) is 0 Å². The summed E-state index contributed by atoms with van der Waals surface area (Å²) in [5, 5.41) is 0. The maximum absolute atomic E-state index is 13.5. The highest BCUT2D eigenvalue weighted by Crippen LogP contribution is 2.40. The number of carbonyl (C=O) groups is 2. The highest BCUT2D eigenvalue weighted by Gasteiger charge is 2.43. The molecule has 2 aromatic rings. The summed E-state index contributed by atoms with van der Waals surface area (Å²) in [6.07, 6.45) is 0. The Bertz CT molecular complexity index is 927. The van der Waals surface area contributed by atoms with Crippen molar-refractivity contribution in [3.63, 3.8) is 0 Å². The van der Waals surface area contributed by atoms with E-state index in [2.05, 4.69) is 0 Å². The van der Waals surface area contributed by atoms with Crippen LogP contribution in [-0.2, 0) is 9.53 Å². The summed E-state index contributed by atoms with van der Waals surface area (Å²) in [6.45, 7) is 3.08. The molecule has 0 saturated carbocycles. The molecule has 4 rings (SSSR count). The SMILES string of the molecule is COc1ccc([C@@H]2CN(C(=O)c3ccccc3)C[C@H]2C(=O)N2CCOCC2)c(OC)c1. The summed E-state index contributed by atoms with van der Waals surface area (Å²) >= 11 is 0. The topological polar surface area (TPSA) is 68.3 Å². The second kappa shape index (κ2) is 9.39. The van der Waals surface area contributed by atoms with Crippen LogP contribution < -0.4 is 9.47 Å². The number of hydrogen-bond donors (Lipinski definition) is 0. The van der Waals surface area contributed by atoms with E-state index >= 15 is 0 Å². The first-order valence-electron chi connectivity index (χ1n) is 10.5. The van der Waals surface area contributed by atoms with E-state index in [1.54, 1.807) is 19.1 Å². The minimum absolute atomic E-state index is 0.0599. The number of hydrogen-bond acceptors (Lipinski definition) is 5. The highest BCUT2D eigenvalue weighted by atomic mass is 16.5. The molecule has 2 aromatic carbocycles. The summed E-state index contributed by atoms with van der Waals surface area (Å²) < 4.78 is 16.4. The molecule has 0 bridgehead atoms. The minimum atomic E-state index is -0.340. The van der Waals surface area contributed by atoms with Crippen molar-refractivity contribution in [2.75, 3.05) is 53.6 Å². The molecule has 0 unspecified atom stereocenters. The van der Waals surface area contributed by atoms with Gasteiger partial charge in [-0.15, -0.1) is 0 Å². The van der Waals surface area contributed by atoms with Crippen molar-refractivity contribution < 1.29 is 23.8 Å². The molecular weight excluding hydrogens is 396 g/mol. The molecule has 2 aliphatic rings. The summed E-state index contributed by atoms with van der Waals surface area (Å²) in [6, 6.07) is 14.8. The zero-order valence-electron chi connectivity index (χ0n) is 18.0. The Morgan fingerprint density at radius 2 is 1.68 bits per heavy atom. The number of benzene rings is 2. The van der Waals surface area contributed by atoms with Crippen molar-refractivity contribution in [2.24, 2.45) is 5.92 Å². The van der Waals surface area contributed by atoms with Crippen LogP contribution in [0.3, 0.4) is 0 Å². The zero-order valence-corrected chi connectivity index (χ0v) is 18.0. The van der Waals surface area contributed by atoms with E-state index < -0.39 is 0 Å². The normalized spacial score (nSPS) is 21.1. The van der Waals surface area contributed by atoms with Gasteiger partial charge in [-0.1, -0.05) is 24.3 Å². The molecule has 2 fully saturated rings. The molecule has 2 saturated heterocycles. The largest absolute Gasteiger partial charge is 0.497 e. The van der Waals surface area contributed by atoms with Gasteiger partial charge in [-0.05, 0) is 18.2 Å². The number of likely N-dealkylation sites (tertiary alicyclic amines) is 1. The van der Waals surface area contributed by atoms with E-state index in [9.17, 15) is 9.59 Å². The van der Waals surface area contributed by atoms with Crippen molar-refractivity contribution in [1.82, 2.24) is 9.80 Å². The quantitative estimate of drug-likeness (QED) is 0.738. The smallest absolute Gasteiger partial charge is 0.253 e. The Kier molecular flexibility index (Phi) is 6.42. The van der Waals surface area contributed by atoms with E-state index in [-0.39, 0.29) is 23.7 Å². The molecule has 0 aliphatic carbocycles. The third kappa shape index (κ3) is 4.37. The molecule has 7 heteroatoms. The molecule has 0 spiro atoms. The van der Waals surface area contributed by atoms with Gasteiger partial charge in [-0.3, -0.25) is 9.59 Å². The highest BCUT2D eigenvalue weighted by molar-refractivity contribution is 5.95. The molecule has 2 atom stereocenters. The lowest BCUT2D eigenvalue weighted by atomic mass is 9.87. The second-order valence-electron chi connectivity index (χ2n) is 7.83. The molecule has 7 nitrogen and oxygen atoms in total. The van der Waals surface area contributed by atoms with Gasteiger partial charge in [0.2, 0.25) is 5.91 Å². The fraction of sp³-hybridized carbons (Fsp3) is 0.417. The van der Waals surface area contributed by atoms with E-state index in [0.29, 0.717) is 56.5 Å². The van der Waals surface area contributed by atoms with Gasteiger partial charge in [0, 0.05) is 49.3 Å². The predicted molar refractivity (Wildman–Crippen MR) is 116 cm³/mol. The standard InChI is InChI=1S/C24H28N2O5/c1-29-18-8-9-19(22(14-18)30-2)20-15-26(23(27)17-6-4-3-5-7-17)16-21(20)24(28)25-10-12-31-13-11-25/h3-9,14,20-21H,10-13,15-16H2,1-2H3/t20-,21+/m0/s1. The summed E-state index contributed by atoms with van der Waals surface area (Å²) in [5.41, 5.74) is 1.54. The van der Waals surface area contributed by atoms with Crippen molar-refractivity contribution in [1.29, 1.82) is 0 Å². The molecule has 164 valence electrons. The first-order valence-corrected chi connectivity index (χ1v) is 10.5. The van der Waals surface area contributed by atoms with Gasteiger partial charge in [0.1, 0.15) is 11.5 Å². The number of methoxy groups -OCH3 is 2. The fourth-order valence-corrected chi connectivity index (χ4v) is 4.44. The summed E-state index contributed by atoms with van der Waals surface area (Å²) in [7, 11) is 3.22. The number of morpholine rings is 1. The first-order chi connectivity index (χ1) is 15.1. The van der Waals surface area contributed by atoms with Crippen LogP contribution in [0.1, 0.15) is 21.8 Å². The van der Waals surface area contributed by atoms with Crippen molar-refractivity contribution in [3.05, 3.63) is 59.7 Å². The second-order valence-corrected chi connectivity index (χ2v) is 7.83. The van der Waals surface area contributed by atoms with Gasteiger partial charge in [0.25, 0.3) is 5.91 Å². The van der Waals surface area contributed by atoms with E-state index in [4.69, 9.17) is 14.2 Å². The number of nitrogens with zero attached hydrogens (tertiary/aromatic N) is 2. The average molecular weight is 424 g/mol. The molecule has 31 heavy (non-hydrogen) atoms. The molecule has 0 aromatic heterocycles. The van der Waals surface area contributed by atoms with Crippen LogP contribution in [0.15, 0.2) is 48.5 Å². The lowest BCUT2D eigenvalue weighted by molar-refractivity contribution is -0.139. The first kappa shape index (κ1) is 21.2. The van der Waals surface area contributed by atoms with E-state index in [0.717, 1.165) is 5.56 Å². The Hall–Kier alpha value is -3.06. The van der Waals surface area contributed by atoms with Crippen LogP contribution >= 0.6 is 0 Å². The number of amides is 2. The van der Waals surface area contributed by atoms with Gasteiger partial charge >= 0.3 is 0 Å².